The van der Waals surface area contributed by atoms with E-state index in [0.29, 0.717) is 12.5 Å². The van der Waals surface area contributed by atoms with Gasteiger partial charge in [-0.2, -0.15) is 0 Å². The molecule has 1 aromatic rings. The smallest absolute Gasteiger partial charge is 0.238 e. The third-order valence-corrected chi connectivity index (χ3v) is 4.55. The first-order valence-corrected chi connectivity index (χ1v) is 8.29. The number of hydrogen-bond acceptors (Lipinski definition) is 3. The average Bonchev–Trinajstić information content (AvgIpc) is 2.49. The Morgan fingerprint density at radius 3 is 2.52 bits per heavy atom. The molecular weight excluding hydrogens is 290 g/mol. The summed E-state index contributed by atoms with van der Waals surface area (Å²) in [7, 11) is 0. The predicted molar refractivity (Wildman–Crippen MR) is 92.3 cm³/mol. The molecule has 5 nitrogen and oxygen atoms in total. The zero-order valence-electron chi connectivity index (χ0n) is 14.3. The van der Waals surface area contributed by atoms with E-state index in [-0.39, 0.29) is 17.7 Å². The molecule has 126 valence electrons. The van der Waals surface area contributed by atoms with E-state index in [1.54, 1.807) is 0 Å². The number of primary amides is 1. The quantitative estimate of drug-likeness (QED) is 0.874. The van der Waals surface area contributed by atoms with Gasteiger partial charge in [-0.15, -0.1) is 0 Å². The van der Waals surface area contributed by atoms with E-state index in [9.17, 15) is 9.59 Å². The molecule has 23 heavy (non-hydrogen) atoms. The molecule has 0 bridgehead atoms. The summed E-state index contributed by atoms with van der Waals surface area (Å²) in [5, 5.41) is 3.07. The van der Waals surface area contributed by atoms with Gasteiger partial charge in [-0.25, -0.2) is 0 Å². The normalized spacial score (nSPS) is 16.5. The molecule has 5 heteroatoms. The van der Waals surface area contributed by atoms with Gasteiger partial charge in [0.05, 0.1) is 6.54 Å². The molecule has 1 fully saturated rings. The molecule has 1 aliphatic heterocycles. The molecule has 0 saturated carbocycles. The summed E-state index contributed by atoms with van der Waals surface area (Å²) in [6, 6.07) is 6.10. The maximum atomic E-state index is 12.4. The van der Waals surface area contributed by atoms with Crippen LogP contribution < -0.4 is 11.1 Å². The van der Waals surface area contributed by atoms with Crippen molar-refractivity contribution in [3.63, 3.8) is 0 Å². The van der Waals surface area contributed by atoms with Crippen molar-refractivity contribution in [1.82, 2.24) is 4.90 Å². The Morgan fingerprint density at radius 2 is 1.96 bits per heavy atom. The molecule has 1 saturated heterocycles. The van der Waals surface area contributed by atoms with Gasteiger partial charge in [0.1, 0.15) is 0 Å². The maximum Gasteiger partial charge on any atom is 0.238 e. The minimum Gasteiger partial charge on any atom is -0.369 e. The summed E-state index contributed by atoms with van der Waals surface area (Å²) in [6.07, 6.45) is 1.48. The van der Waals surface area contributed by atoms with Crippen LogP contribution in [0.25, 0.3) is 0 Å². The van der Waals surface area contributed by atoms with Crippen molar-refractivity contribution in [2.45, 2.75) is 39.5 Å². The fourth-order valence-corrected chi connectivity index (χ4v) is 3.10. The summed E-state index contributed by atoms with van der Waals surface area (Å²) in [4.78, 5) is 25.7. The van der Waals surface area contributed by atoms with Crippen LogP contribution in [0.3, 0.4) is 0 Å². The van der Waals surface area contributed by atoms with E-state index < -0.39 is 0 Å². The second kappa shape index (κ2) is 7.59. The number of carbonyl (C=O) groups excluding carboxylic acids is 2. The number of nitrogens with one attached hydrogen (secondary N) is 1. The second-order valence-electron chi connectivity index (χ2n) is 6.69. The van der Waals surface area contributed by atoms with Crippen LogP contribution in [0.1, 0.15) is 43.7 Å². The summed E-state index contributed by atoms with van der Waals surface area (Å²) in [5.41, 5.74) is 8.51. The number of piperidine rings is 1. The number of carbonyl (C=O) groups is 2. The number of para-hydroxylation sites is 1. The van der Waals surface area contributed by atoms with Gasteiger partial charge in [0.15, 0.2) is 0 Å². The van der Waals surface area contributed by atoms with Crippen molar-refractivity contribution in [3.8, 4) is 0 Å². The second-order valence-corrected chi connectivity index (χ2v) is 6.69. The zero-order valence-corrected chi connectivity index (χ0v) is 14.3. The molecular formula is C18H27N3O2. The fourth-order valence-electron chi connectivity index (χ4n) is 3.10. The van der Waals surface area contributed by atoms with Gasteiger partial charge in [-0.05, 0) is 49.9 Å². The Bertz CT molecular complexity index is 576. The van der Waals surface area contributed by atoms with E-state index in [0.717, 1.165) is 42.7 Å². The molecule has 0 aromatic heterocycles. The summed E-state index contributed by atoms with van der Waals surface area (Å²) in [6.45, 7) is 8.10. The van der Waals surface area contributed by atoms with E-state index in [4.69, 9.17) is 5.73 Å². The largest absolute Gasteiger partial charge is 0.369 e. The highest BCUT2D eigenvalue weighted by Gasteiger charge is 2.24. The standard InChI is InChI=1S/C18H27N3O2/c1-12(2)15-6-4-5-13(3)17(15)20-16(22)11-21-9-7-14(8-10-21)18(19)23/h4-6,12,14H,7-11H2,1-3H3,(H2,19,23)(H,20,22). The molecule has 0 aliphatic carbocycles. The molecule has 3 N–H and O–H groups in total. The third-order valence-electron chi connectivity index (χ3n) is 4.55. The van der Waals surface area contributed by atoms with Crippen molar-refractivity contribution in [2.24, 2.45) is 11.7 Å². The maximum absolute atomic E-state index is 12.4. The van der Waals surface area contributed by atoms with Crippen molar-refractivity contribution >= 4 is 17.5 Å². The minimum atomic E-state index is -0.226. The minimum absolute atomic E-state index is 0.00118. The van der Waals surface area contributed by atoms with E-state index in [1.807, 2.05) is 19.1 Å². The number of nitrogens with zero attached hydrogens (tertiary/aromatic N) is 1. The van der Waals surface area contributed by atoms with E-state index in [2.05, 4.69) is 30.1 Å². The zero-order chi connectivity index (χ0) is 17.0. The van der Waals surface area contributed by atoms with Crippen LogP contribution in [0.4, 0.5) is 5.69 Å². The average molecular weight is 317 g/mol. The molecule has 0 spiro atoms. The Balaban J connectivity index is 1.95. The summed E-state index contributed by atoms with van der Waals surface area (Å²) >= 11 is 0. The number of rotatable bonds is 5. The van der Waals surface area contributed by atoms with Crippen LogP contribution in [0.15, 0.2) is 18.2 Å². The lowest BCUT2D eigenvalue weighted by Gasteiger charge is -2.30. The van der Waals surface area contributed by atoms with Crippen molar-refractivity contribution in [1.29, 1.82) is 0 Å². The van der Waals surface area contributed by atoms with Gasteiger partial charge >= 0.3 is 0 Å². The molecule has 2 rings (SSSR count). The first kappa shape index (κ1) is 17.5. The van der Waals surface area contributed by atoms with Crippen LogP contribution in [-0.2, 0) is 9.59 Å². The summed E-state index contributed by atoms with van der Waals surface area (Å²) < 4.78 is 0. The van der Waals surface area contributed by atoms with Crippen LogP contribution in [0.2, 0.25) is 0 Å². The molecule has 0 atom stereocenters. The van der Waals surface area contributed by atoms with Crippen LogP contribution in [0.5, 0.6) is 0 Å². The van der Waals surface area contributed by atoms with Gasteiger partial charge < -0.3 is 11.1 Å². The topological polar surface area (TPSA) is 75.4 Å². The summed E-state index contributed by atoms with van der Waals surface area (Å²) in [5.74, 6) is 0.0871. The number of benzene rings is 1. The molecule has 1 heterocycles. The van der Waals surface area contributed by atoms with Gasteiger partial charge in [0.2, 0.25) is 11.8 Å². The first-order valence-electron chi connectivity index (χ1n) is 8.29. The molecule has 1 aliphatic rings. The number of nitrogens with two attached hydrogens (primary N) is 1. The SMILES string of the molecule is Cc1cccc(C(C)C)c1NC(=O)CN1CCC(C(N)=O)CC1. The highest BCUT2D eigenvalue weighted by atomic mass is 16.2. The lowest BCUT2D eigenvalue weighted by Crippen LogP contribution is -2.42. The van der Waals surface area contributed by atoms with Gasteiger partial charge in [-0.3, -0.25) is 14.5 Å². The third kappa shape index (κ3) is 4.55. The van der Waals surface area contributed by atoms with Crippen molar-refractivity contribution < 1.29 is 9.59 Å². The number of anilines is 1. The van der Waals surface area contributed by atoms with Crippen molar-refractivity contribution in [2.75, 3.05) is 25.0 Å². The van der Waals surface area contributed by atoms with Crippen LogP contribution in [-0.4, -0.2) is 36.3 Å². The predicted octanol–water partition coefficient (Wildman–Crippen LogP) is 2.25. The highest BCUT2D eigenvalue weighted by molar-refractivity contribution is 5.94. The number of aryl methyl sites for hydroxylation is 1. The highest BCUT2D eigenvalue weighted by Crippen LogP contribution is 2.27. The monoisotopic (exact) mass is 317 g/mol. The number of hydrogen-bond donors (Lipinski definition) is 2. The van der Waals surface area contributed by atoms with Crippen molar-refractivity contribution in [3.05, 3.63) is 29.3 Å². The van der Waals surface area contributed by atoms with Gasteiger partial charge in [0.25, 0.3) is 0 Å². The fraction of sp³-hybridized carbons (Fsp3) is 0.556. The molecule has 0 radical (unpaired) electrons. The van der Waals surface area contributed by atoms with Gasteiger partial charge in [-0.1, -0.05) is 32.0 Å². The Kier molecular flexibility index (Phi) is 5.77. The van der Waals surface area contributed by atoms with Gasteiger partial charge in [0, 0.05) is 11.6 Å². The molecule has 0 unspecified atom stereocenters. The number of amides is 2. The van der Waals surface area contributed by atoms with Crippen LogP contribution >= 0.6 is 0 Å². The first-order chi connectivity index (χ1) is 10.9. The lowest BCUT2D eigenvalue weighted by molar-refractivity contribution is -0.123. The molecule has 2 amide bonds. The Labute approximate surface area is 138 Å². The van der Waals surface area contributed by atoms with E-state index in [1.165, 1.54) is 0 Å². The van der Waals surface area contributed by atoms with E-state index >= 15 is 0 Å². The number of likely N-dealkylation sites (tertiary alicyclic amines) is 1. The lowest BCUT2D eigenvalue weighted by atomic mass is 9.96. The van der Waals surface area contributed by atoms with Crippen LogP contribution in [0, 0.1) is 12.8 Å². The Morgan fingerprint density at radius 1 is 1.30 bits per heavy atom. The molecule has 1 aromatic carbocycles. The Hall–Kier alpha value is -1.88.